The van der Waals surface area contributed by atoms with Crippen LogP contribution in [0.15, 0.2) is 24.3 Å². The monoisotopic (exact) mass is 289 g/mol. The van der Waals surface area contributed by atoms with Crippen LogP contribution < -0.4 is 10.7 Å². The average Bonchev–Trinajstić information content (AvgIpc) is 2.74. The normalized spacial score (nSPS) is 14.9. The second kappa shape index (κ2) is 5.27. The van der Waals surface area contributed by atoms with Crippen molar-refractivity contribution in [3.8, 4) is 0 Å². The zero-order valence-corrected chi connectivity index (χ0v) is 10.0. The lowest BCUT2D eigenvalue weighted by Gasteiger charge is -2.15. The number of nitrogens with zero attached hydrogens (tertiary/aromatic N) is 1. The number of carbonyl (C=O) groups is 2. The van der Waals surface area contributed by atoms with Gasteiger partial charge in [-0.15, -0.1) is 0 Å². The highest BCUT2D eigenvalue weighted by molar-refractivity contribution is 5.90. The maximum Gasteiger partial charge on any atom is 0.428 e. The summed E-state index contributed by atoms with van der Waals surface area (Å²) in [5, 5.41) is 3.12. The predicted molar refractivity (Wildman–Crippen MR) is 61.7 cm³/mol. The highest BCUT2D eigenvalue weighted by Gasteiger charge is 2.30. The third-order valence-electron chi connectivity index (χ3n) is 2.45. The van der Waals surface area contributed by atoms with Crippen LogP contribution in [0.2, 0.25) is 0 Å². The molecule has 1 saturated heterocycles. The van der Waals surface area contributed by atoms with Crippen molar-refractivity contribution < 1.29 is 27.5 Å². The molecule has 2 rings (SSSR count). The molecule has 1 aromatic rings. The Morgan fingerprint density at radius 3 is 2.70 bits per heavy atom. The molecule has 0 atom stereocenters. The first kappa shape index (κ1) is 14.0. The van der Waals surface area contributed by atoms with E-state index in [1.54, 1.807) is 0 Å². The molecule has 0 aromatic heterocycles. The third-order valence-corrected chi connectivity index (χ3v) is 2.45. The van der Waals surface area contributed by atoms with E-state index in [0.29, 0.717) is 0 Å². The van der Waals surface area contributed by atoms with Gasteiger partial charge in [-0.2, -0.15) is 13.2 Å². The van der Waals surface area contributed by atoms with Crippen LogP contribution in [0.25, 0.3) is 0 Å². The number of ether oxygens (including phenoxy) is 1. The minimum Gasteiger partial charge on any atom is -0.446 e. The van der Waals surface area contributed by atoms with E-state index in [0.717, 1.165) is 17.1 Å². The number of alkyl halides is 3. The second-order valence-corrected chi connectivity index (χ2v) is 3.91. The Morgan fingerprint density at radius 2 is 2.10 bits per heavy atom. The number of hydrogen-bond acceptors (Lipinski definition) is 3. The summed E-state index contributed by atoms with van der Waals surface area (Å²) in [6.45, 7) is 0.317. The molecular weight excluding hydrogens is 279 g/mol. The SMILES string of the molecule is O=C(Nc1cccc(C(F)(F)F)c1)NN1CCOC1=O. The molecule has 2 N–H and O–H groups in total. The molecule has 20 heavy (non-hydrogen) atoms. The molecule has 0 radical (unpaired) electrons. The van der Waals surface area contributed by atoms with E-state index in [9.17, 15) is 22.8 Å². The summed E-state index contributed by atoms with van der Waals surface area (Å²) < 4.78 is 42.0. The van der Waals surface area contributed by atoms with E-state index in [1.165, 1.54) is 12.1 Å². The molecule has 9 heteroatoms. The second-order valence-electron chi connectivity index (χ2n) is 3.91. The smallest absolute Gasteiger partial charge is 0.428 e. The fraction of sp³-hybridized carbons (Fsp3) is 0.273. The van der Waals surface area contributed by atoms with Gasteiger partial charge in [0.15, 0.2) is 0 Å². The highest BCUT2D eigenvalue weighted by atomic mass is 19.4. The number of nitrogens with one attached hydrogen (secondary N) is 2. The number of anilines is 1. The average molecular weight is 289 g/mol. The molecule has 6 nitrogen and oxygen atoms in total. The molecule has 1 aliphatic heterocycles. The van der Waals surface area contributed by atoms with Gasteiger partial charge in [0.2, 0.25) is 0 Å². The van der Waals surface area contributed by atoms with Gasteiger partial charge in [-0.3, -0.25) is 0 Å². The summed E-state index contributed by atoms with van der Waals surface area (Å²) in [6.07, 6.45) is -5.21. The Kier molecular flexibility index (Phi) is 3.68. The Morgan fingerprint density at radius 1 is 1.35 bits per heavy atom. The number of carbonyl (C=O) groups excluding carboxylic acids is 2. The number of benzene rings is 1. The first-order valence-electron chi connectivity index (χ1n) is 5.55. The van der Waals surface area contributed by atoms with E-state index in [2.05, 4.69) is 15.5 Å². The Balaban J connectivity index is 1.99. The first-order valence-corrected chi connectivity index (χ1v) is 5.55. The van der Waals surface area contributed by atoms with Crippen molar-refractivity contribution in [3.05, 3.63) is 29.8 Å². The lowest BCUT2D eigenvalue weighted by molar-refractivity contribution is -0.137. The largest absolute Gasteiger partial charge is 0.446 e. The summed E-state index contributed by atoms with van der Waals surface area (Å²) in [4.78, 5) is 22.6. The number of cyclic esters (lactones) is 1. The molecule has 0 aliphatic carbocycles. The summed E-state index contributed by atoms with van der Waals surface area (Å²) in [5.41, 5.74) is 1.25. The van der Waals surface area contributed by atoms with E-state index in [4.69, 9.17) is 0 Å². The summed E-state index contributed by atoms with van der Waals surface area (Å²) in [6, 6.07) is 3.32. The van der Waals surface area contributed by atoms with Crippen molar-refractivity contribution in [2.45, 2.75) is 6.18 Å². The summed E-state index contributed by atoms with van der Waals surface area (Å²) in [5.74, 6) is 0. The van der Waals surface area contributed by atoms with Crippen LogP contribution in [0, 0.1) is 0 Å². The van der Waals surface area contributed by atoms with E-state index < -0.39 is 23.9 Å². The van der Waals surface area contributed by atoms with Crippen molar-refractivity contribution in [2.75, 3.05) is 18.5 Å². The van der Waals surface area contributed by atoms with Crippen LogP contribution in [-0.4, -0.2) is 30.3 Å². The Hall–Kier alpha value is -2.45. The molecule has 0 spiro atoms. The molecule has 3 amide bonds. The predicted octanol–water partition coefficient (Wildman–Crippen LogP) is 2.19. The Bertz CT molecular complexity index is 533. The van der Waals surface area contributed by atoms with Gasteiger partial charge in [0, 0.05) is 5.69 Å². The fourth-order valence-corrected chi connectivity index (χ4v) is 1.55. The molecule has 1 fully saturated rings. The maximum atomic E-state index is 12.5. The van der Waals surface area contributed by atoms with Crippen LogP contribution in [0.1, 0.15) is 5.56 Å². The molecule has 1 aliphatic rings. The number of amides is 3. The zero-order valence-electron chi connectivity index (χ0n) is 10.0. The first-order chi connectivity index (χ1) is 9.36. The van der Waals surface area contributed by atoms with Gasteiger partial charge in [-0.25, -0.2) is 20.0 Å². The standard InChI is InChI=1S/C11H10F3N3O3/c12-11(13,14)7-2-1-3-8(6-7)15-9(18)16-17-4-5-20-10(17)19/h1-3,6H,4-5H2,(H2,15,16,18). The van der Waals surface area contributed by atoms with Crippen LogP contribution >= 0.6 is 0 Å². The van der Waals surface area contributed by atoms with Gasteiger partial charge in [0.1, 0.15) is 6.61 Å². The molecule has 0 saturated carbocycles. The van der Waals surface area contributed by atoms with Crippen LogP contribution in [-0.2, 0) is 10.9 Å². The van der Waals surface area contributed by atoms with Crippen molar-refractivity contribution in [2.24, 2.45) is 0 Å². The quantitative estimate of drug-likeness (QED) is 0.876. The third kappa shape index (κ3) is 3.31. The summed E-state index contributed by atoms with van der Waals surface area (Å²) >= 11 is 0. The number of urea groups is 1. The van der Waals surface area contributed by atoms with Crippen molar-refractivity contribution in [3.63, 3.8) is 0 Å². The lowest BCUT2D eigenvalue weighted by Crippen LogP contribution is -2.44. The molecular formula is C11H10F3N3O3. The minimum atomic E-state index is -4.49. The number of halogens is 3. The topological polar surface area (TPSA) is 70.7 Å². The zero-order chi connectivity index (χ0) is 14.8. The number of hydrogen-bond donors (Lipinski definition) is 2. The molecule has 0 bridgehead atoms. The van der Waals surface area contributed by atoms with Gasteiger partial charge >= 0.3 is 18.3 Å². The summed E-state index contributed by atoms with van der Waals surface area (Å²) in [7, 11) is 0. The van der Waals surface area contributed by atoms with Crippen molar-refractivity contribution in [1.29, 1.82) is 0 Å². The molecule has 1 heterocycles. The maximum absolute atomic E-state index is 12.5. The van der Waals surface area contributed by atoms with E-state index in [1.807, 2.05) is 0 Å². The fourth-order valence-electron chi connectivity index (χ4n) is 1.55. The highest BCUT2D eigenvalue weighted by Crippen LogP contribution is 2.30. The van der Waals surface area contributed by atoms with Crippen LogP contribution in [0.4, 0.5) is 28.4 Å². The van der Waals surface area contributed by atoms with Gasteiger partial charge in [0.25, 0.3) is 0 Å². The molecule has 0 unspecified atom stereocenters. The van der Waals surface area contributed by atoms with Gasteiger partial charge in [-0.1, -0.05) is 6.07 Å². The van der Waals surface area contributed by atoms with Gasteiger partial charge in [-0.05, 0) is 18.2 Å². The Labute approximate surface area is 111 Å². The van der Waals surface area contributed by atoms with Crippen LogP contribution in [0.3, 0.4) is 0 Å². The van der Waals surface area contributed by atoms with Gasteiger partial charge < -0.3 is 10.1 Å². The van der Waals surface area contributed by atoms with E-state index >= 15 is 0 Å². The van der Waals surface area contributed by atoms with Gasteiger partial charge in [0.05, 0.1) is 12.1 Å². The van der Waals surface area contributed by atoms with Crippen molar-refractivity contribution >= 4 is 17.8 Å². The lowest BCUT2D eigenvalue weighted by atomic mass is 10.2. The molecule has 1 aromatic carbocycles. The van der Waals surface area contributed by atoms with E-state index in [-0.39, 0.29) is 18.8 Å². The van der Waals surface area contributed by atoms with Crippen molar-refractivity contribution in [1.82, 2.24) is 10.4 Å². The number of rotatable bonds is 2. The minimum absolute atomic E-state index is 0.0371. The molecule has 108 valence electrons. The van der Waals surface area contributed by atoms with Crippen LogP contribution in [0.5, 0.6) is 0 Å². The number of hydrazine groups is 1.